The highest BCUT2D eigenvalue weighted by Crippen LogP contribution is 2.40. The fourth-order valence-corrected chi connectivity index (χ4v) is 4.98. The van der Waals surface area contributed by atoms with Gasteiger partial charge in [-0.2, -0.15) is 0 Å². The van der Waals surface area contributed by atoms with E-state index in [4.69, 9.17) is 9.47 Å². The van der Waals surface area contributed by atoms with Gasteiger partial charge in [-0.3, -0.25) is 9.34 Å². The zero-order chi connectivity index (χ0) is 17.2. The van der Waals surface area contributed by atoms with Crippen LogP contribution >= 0.6 is 18.8 Å². The third-order valence-electron chi connectivity index (χ3n) is 4.95. The van der Waals surface area contributed by atoms with E-state index in [0.29, 0.717) is 0 Å². The minimum absolute atomic E-state index is 0.241. The van der Waals surface area contributed by atoms with Gasteiger partial charge < -0.3 is 9.47 Å². The summed E-state index contributed by atoms with van der Waals surface area (Å²) in [5, 5.41) is 0. The maximum atomic E-state index is 12.8. The van der Waals surface area contributed by atoms with Crippen LogP contribution in [0.1, 0.15) is 30.9 Å². The summed E-state index contributed by atoms with van der Waals surface area (Å²) in [4.78, 5) is 12.8. The van der Waals surface area contributed by atoms with Gasteiger partial charge in [0.25, 0.3) is 0 Å². The second-order valence-corrected chi connectivity index (χ2v) is 8.06. The van der Waals surface area contributed by atoms with Crippen molar-refractivity contribution in [2.24, 2.45) is 0 Å². The molecule has 0 aromatic heterocycles. The van der Waals surface area contributed by atoms with E-state index in [1.54, 1.807) is 7.11 Å². The first kappa shape index (κ1) is 18.2. The number of methoxy groups -OCH3 is 1. The Balaban J connectivity index is 1.76. The van der Waals surface area contributed by atoms with Crippen LogP contribution in [-0.4, -0.2) is 53.7 Å². The number of hydrogen-bond donors (Lipinski definition) is 0. The smallest absolute Gasteiger partial charge is 0.340 e. The van der Waals surface area contributed by atoms with Crippen LogP contribution in [0, 0.1) is 0 Å². The van der Waals surface area contributed by atoms with Gasteiger partial charge in [0, 0.05) is 26.7 Å². The van der Waals surface area contributed by atoms with Gasteiger partial charge in [-0.05, 0) is 18.4 Å². The molecule has 0 bridgehead atoms. The highest BCUT2D eigenvalue weighted by atomic mass is 31.0. The van der Waals surface area contributed by atoms with Crippen molar-refractivity contribution >= 4 is 24.8 Å². The molecule has 2 aliphatic rings. The van der Waals surface area contributed by atoms with Gasteiger partial charge in [-0.25, -0.2) is 4.79 Å². The number of ether oxygens (including phenoxy) is 2. The summed E-state index contributed by atoms with van der Waals surface area (Å²) in [7, 11) is 7.06. The molecule has 1 aromatic carbocycles. The van der Waals surface area contributed by atoms with E-state index >= 15 is 0 Å². The zero-order valence-electron chi connectivity index (χ0n) is 14.1. The summed E-state index contributed by atoms with van der Waals surface area (Å²) in [6.45, 7) is 2.51. The van der Waals surface area contributed by atoms with Gasteiger partial charge in [0.2, 0.25) is 0 Å². The first-order chi connectivity index (χ1) is 11.6. The highest BCUT2D eigenvalue weighted by molar-refractivity contribution is 7.13. The summed E-state index contributed by atoms with van der Waals surface area (Å²) in [6, 6.07) is 9.77. The molecule has 3 rings (SSSR count). The molecule has 7 heteroatoms. The topological polar surface area (TPSA) is 42.0 Å². The average Bonchev–Trinajstić information content (AvgIpc) is 2.55. The Bertz CT molecular complexity index is 566. The van der Waals surface area contributed by atoms with E-state index in [2.05, 4.69) is 28.1 Å². The predicted octanol–water partition coefficient (Wildman–Crippen LogP) is 2.41. The SMILES string of the molecule is COC(C(=O)OC1(C2CCCCN2P)CN(P)C1)c1ccccc1. The number of carbonyl (C=O) groups is 1. The van der Waals surface area contributed by atoms with Crippen LogP contribution in [0.4, 0.5) is 0 Å². The molecular formula is C17H26N2O3P2. The van der Waals surface area contributed by atoms with Crippen LogP contribution in [0.2, 0.25) is 0 Å². The van der Waals surface area contributed by atoms with Gasteiger partial charge in [0.1, 0.15) is 0 Å². The molecule has 0 N–H and O–H groups in total. The third kappa shape index (κ3) is 3.66. The number of benzene rings is 1. The standard InChI is InChI=1S/C17H26N2O3P2/c1-21-15(13-7-3-2-4-8-13)16(20)22-17(11-18(23)12-17)14-9-5-6-10-19(14)24/h2-4,7-8,14-15H,5-6,9-12,23-24H2,1H3. The molecule has 2 heterocycles. The summed E-state index contributed by atoms with van der Waals surface area (Å²) >= 11 is 0. The maximum absolute atomic E-state index is 12.8. The minimum atomic E-state index is -0.678. The maximum Gasteiger partial charge on any atom is 0.340 e. The lowest BCUT2D eigenvalue weighted by Gasteiger charge is -2.54. The quantitative estimate of drug-likeness (QED) is 0.590. The van der Waals surface area contributed by atoms with Gasteiger partial charge in [0.15, 0.2) is 11.7 Å². The molecule has 2 aliphatic heterocycles. The van der Waals surface area contributed by atoms with Crippen molar-refractivity contribution in [3.63, 3.8) is 0 Å². The zero-order valence-corrected chi connectivity index (χ0v) is 16.4. The van der Waals surface area contributed by atoms with Crippen molar-refractivity contribution in [1.82, 2.24) is 9.34 Å². The fourth-order valence-electron chi connectivity index (χ4n) is 3.75. The summed E-state index contributed by atoms with van der Waals surface area (Å²) in [6.07, 6.45) is 2.75. The number of carbonyl (C=O) groups excluding carboxylic acids is 1. The molecule has 0 amide bonds. The molecule has 0 aliphatic carbocycles. The number of hydrogen-bond acceptors (Lipinski definition) is 5. The third-order valence-corrected chi connectivity index (χ3v) is 5.93. The van der Waals surface area contributed by atoms with E-state index in [1.165, 1.54) is 12.8 Å². The van der Waals surface area contributed by atoms with E-state index < -0.39 is 11.7 Å². The Morgan fingerprint density at radius 2 is 1.96 bits per heavy atom. The van der Waals surface area contributed by atoms with Crippen LogP contribution in [0.5, 0.6) is 0 Å². The van der Waals surface area contributed by atoms with Gasteiger partial charge in [-0.15, -0.1) is 0 Å². The molecule has 0 saturated carbocycles. The molecule has 4 unspecified atom stereocenters. The normalized spacial score (nSPS) is 25.7. The lowest BCUT2D eigenvalue weighted by atomic mass is 9.82. The van der Waals surface area contributed by atoms with Crippen LogP contribution in [0.25, 0.3) is 0 Å². The van der Waals surface area contributed by atoms with Crippen molar-refractivity contribution in [3.05, 3.63) is 35.9 Å². The van der Waals surface area contributed by atoms with Crippen molar-refractivity contribution in [2.45, 2.75) is 37.0 Å². The van der Waals surface area contributed by atoms with Crippen molar-refractivity contribution in [3.8, 4) is 0 Å². The van der Waals surface area contributed by atoms with E-state index in [0.717, 1.165) is 31.6 Å². The van der Waals surface area contributed by atoms with Gasteiger partial charge >= 0.3 is 5.97 Å². The van der Waals surface area contributed by atoms with Crippen LogP contribution < -0.4 is 0 Å². The summed E-state index contributed by atoms with van der Waals surface area (Å²) in [5.74, 6) is -0.300. The van der Waals surface area contributed by atoms with Crippen molar-refractivity contribution in [2.75, 3.05) is 26.7 Å². The van der Waals surface area contributed by atoms with Crippen LogP contribution in [0.3, 0.4) is 0 Å². The van der Waals surface area contributed by atoms with E-state index in [9.17, 15) is 4.79 Å². The second-order valence-electron chi connectivity index (χ2n) is 6.67. The summed E-state index contributed by atoms with van der Waals surface area (Å²) < 4.78 is 15.9. The minimum Gasteiger partial charge on any atom is -0.452 e. The van der Waals surface area contributed by atoms with E-state index in [-0.39, 0.29) is 12.0 Å². The Morgan fingerprint density at radius 1 is 1.25 bits per heavy atom. The average molecular weight is 368 g/mol. The molecule has 0 spiro atoms. The Labute approximate surface area is 148 Å². The lowest BCUT2D eigenvalue weighted by molar-refractivity contribution is -0.195. The first-order valence-electron chi connectivity index (χ1n) is 8.37. The Kier molecular flexibility index (Phi) is 5.89. The fraction of sp³-hybridized carbons (Fsp3) is 0.588. The monoisotopic (exact) mass is 368 g/mol. The highest BCUT2D eigenvalue weighted by Gasteiger charge is 2.53. The molecular weight excluding hydrogens is 342 g/mol. The van der Waals surface area contributed by atoms with Crippen molar-refractivity contribution in [1.29, 1.82) is 0 Å². The lowest BCUT2D eigenvalue weighted by Crippen LogP contribution is -2.69. The first-order valence-corrected chi connectivity index (χ1v) is 9.40. The molecule has 4 atom stereocenters. The summed E-state index contributed by atoms with van der Waals surface area (Å²) in [5.41, 5.74) is 0.376. The number of nitrogens with zero attached hydrogens (tertiary/aromatic N) is 2. The van der Waals surface area contributed by atoms with E-state index in [1.807, 2.05) is 30.3 Å². The largest absolute Gasteiger partial charge is 0.452 e. The molecule has 24 heavy (non-hydrogen) atoms. The van der Waals surface area contributed by atoms with Gasteiger partial charge in [0.05, 0.1) is 6.04 Å². The second kappa shape index (κ2) is 7.76. The molecule has 5 nitrogen and oxygen atoms in total. The number of piperidine rings is 1. The number of esters is 1. The molecule has 1 aromatic rings. The van der Waals surface area contributed by atoms with Crippen LogP contribution in [0.15, 0.2) is 30.3 Å². The van der Waals surface area contributed by atoms with Crippen molar-refractivity contribution < 1.29 is 14.3 Å². The molecule has 2 fully saturated rings. The van der Waals surface area contributed by atoms with Crippen LogP contribution in [-0.2, 0) is 14.3 Å². The Hall–Kier alpha value is -0.570. The van der Waals surface area contributed by atoms with Gasteiger partial charge in [-0.1, -0.05) is 55.5 Å². The Morgan fingerprint density at radius 3 is 2.54 bits per heavy atom. The molecule has 132 valence electrons. The molecule has 2 saturated heterocycles. The predicted molar refractivity (Wildman–Crippen MR) is 100 cm³/mol. The molecule has 0 radical (unpaired) electrons. The number of rotatable bonds is 5.